The first-order chi connectivity index (χ1) is 15.6. The fourth-order valence-electron chi connectivity index (χ4n) is 4.43. The first-order valence-corrected chi connectivity index (χ1v) is 12.2. The van der Waals surface area contributed by atoms with Gasteiger partial charge in [-0.1, -0.05) is 31.9 Å². The number of hydrogen-bond donors (Lipinski definition) is 1. The van der Waals surface area contributed by atoms with E-state index in [2.05, 4.69) is 22.3 Å². The van der Waals surface area contributed by atoms with Crippen molar-refractivity contribution < 1.29 is 4.79 Å². The quantitative estimate of drug-likeness (QED) is 0.444. The first kappa shape index (κ1) is 20.9. The number of fused-ring (bicyclic) bond motifs is 5. The Balaban J connectivity index is 1.40. The number of anilines is 1. The van der Waals surface area contributed by atoms with Gasteiger partial charge in [0, 0.05) is 10.6 Å². The monoisotopic (exact) mass is 449 g/mol. The first-order valence-electron chi connectivity index (χ1n) is 11.4. The Labute approximate surface area is 190 Å². The molecule has 8 heteroatoms. The molecule has 3 heterocycles. The number of thiophene rings is 1. The van der Waals surface area contributed by atoms with E-state index in [1.807, 2.05) is 24.3 Å². The minimum Gasteiger partial charge on any atom is -0.324 e. The van der Waals surface area contributed by atoms with Crippen LogP contribution in [0.5, 0.6) is 0 Å². The molecule has 0 saturated carbocycles. The summed E-state index contributed by atoms with van der Waals surface area (Å²) < 4.78 is 2.71. The van der Waals surface area contributed by atoms with E-state index in [1.165, 1.54) is 44.3 Å². The fraction of sp³-hybridized carbons (Fsp3) is 0.417. The van der Waals surface area contributed by atoms with Crippen LogP contribution in [0.1, 0.15) is 55.0 Å². The summed E-state index contributed by atoms with van der Waals surface area (Å²) in [5.74, 6) is -0.273. The number of nitrogens with one attached hydrogen (secondary N) is 1. The van der Waals surface area contributed by atoms with E-state index in [1.54, 1.807) is 11.3 Å². The number of carbonyl (C=O) groups is 1. The van der Waals surface area contributed by atoms with Crippen LogP contribution in [-0.2, 0) is 30.6 Å². The normalized spacial score (nSPS) is 13.9. The summed E-state index contributed by atoms with van der Waals surface area (Å²) in [4.78, 5) is 32.3. The molecule has 0 unspecified atom stereocenters. The van der Waals surface area contributed by atoms with Crippen LogP contribution < -0.4 is 11.0 Å². The van der Waals surface area contributed by atoms with Gasteiger partial charge >= 0.3 is 5.69 Å². The van der Waals surface area contributed by atoms with Crippen molar-refractivity contribution in [2.45, 2.75) is 64.8 Å². The number of rotatable bonds is 6. The molecule has 32 heavy (non-hydrogen) atoms. The summed E-state index contributed by atoms with van der Waals surface area (Å²) in [5.41, 5.74) is 3.53. The average Bonchev–Trinajstić information content (AvgIpc) is 3.20. The minimum absolute atomic E-state index is 0.133. The van der Waals surface area contributed by atoms with Gasteiger partial charge < -0.3 is 5.32 Å². The summed E-state index contributed by atoms with van der Waals surface area (Å²) in [6, 6.07) is 7.88. The highest BCUT2D eigenvalue weighted by atomic mass is 32.1. The summed E-state index contributed by atoms with van der Waals surface area (Å²) in [6.07, 6.45) is 10.5. The number of aryl methyl sites for hydroxylation is 3. The third kappa shape index (κ3) is 3.95. The zero-order valence-corrected chi connectivity index (χ0v) is 19.1. The highest BCUT2D eigenvalue weighted by molar-refractivity contribution is 7.19. The third-order valence-corrected chi connectivity index (χ3v) is 7.34. The molecule has 0 bridgehead atoms. The van der Waals surface area contributed by atoms with Crippen LogP contribution in [-0.4, -0.2) is 25.1 Å². The lowest BCUT2D eigenvalue weighted by Gasteiger charge is -2.06. The van der Waals surface area contributed by atoms with Crippen LogP contribution in [0.2, 0.25) is 0 Å². The maximum Gasteiger partial charge on any atom is 0.352 e. The molecule has 0 aliphatic heterocycles. The van der Waals surface area contributed by atoms with E-state index in [-0.39, 0.29) is 18.1 Å². The maximum absolute atomic E-state index is 12.9. The highest BCUT2D eigenvalue weighted by Gasteiger charge is 2.21. The molecule has 1 amide bonds. The lowest BCUT2D eigenvalue weighted by molar-refractivity contribution is -0.117. The van der Waals surface area contributed by atoms with Gasteiger partial charge in [-0.3, -0.25) is 4.79 Å². The molecule has 1 N–H and O–H groups in total. The van der Waals surface area contributed by atoms with Gasteiger partial charge in [0.1, 0.15) is 17.7 Å². The van der Waals surface area contributed by atoms with E-state index in [4.69, 9.17) is 0 Å². The molecule has 166 valence electrons. The minimum atomic E-state index is -0.340. The zero-order valence-electron chi connectivity index (χ0n) is 18.3. The summed E-state index contributed by atoms with van der Waals surface area (Å²) >= 11 is 1.71. The molecule has 0 saturated heterocycles. The van der Waals surface area contributed by atoms with Crippen LogP contribution in [0.25, 0.3) is 15.9 Å². The predicted molar refractivity (Wildman–Crippen MR) is 128 cm³/mol. The molecule has 0 atom stereocenters. The molecule has 5 rings (SSSR count). The second-order valence-electron chi connectivity index (χ2n) is 8.47. The van der Waals surface area contributed by atoms with Crippen molar-refractivity contribution in [3.8, 4) is 0 Å². The summed E-state index contributed by atoms with van der Waals surface area (Å²) in [6.45, 7) is 2.04. The topological polar surface area (TPSA) is 81.3 Å². The lowest BCUT2D eigenvalue weighted by atomic mass is 10.1. The van der Waals surface area contributed by atoms with Gasteiger partial charge in [0.15, 0.2) is 5.65 Å². The summed E-state index contributed by atoms with van der Waals surface area (Å²) in [7, 11) is 0. The zero-order chi connectivity index (χ0) is 22.1. The molecule has 0 radical (unpaired) electrons. The molecule has 1 aliphatic carbocycles. The van der Waals surface area contributed by atoms with Gasteiger partial charge in [-0.05, 0) is 61.8 Å². The number of carbonyl (C=O) groups excluding carboxylic acids is 1. The largest absolute Gasteiger partial charge is 0.352 e. The Morgan fingerprint density at radius 1 is 1.16 bits per heavy atom. The predicted octanol–water partition coefficient (Wildman–Crippen LogP) is 4.36. The van der Waals surface area contributed by atoms with Crippen molar-refractivity contribution in [3.05, 3.63) is 57.1 Å². The van der Waals surface area contributed by atoms with Gasteiger partial charge in [-0.2, -0.15) is 0 Å². The standard InChI is InChI=1S/C24H27N5O2S/c1-2-3-7-16-10-12-17(13-11-16)26-20(30)14-29-24(31)28-15-25-23-21(22(28)27-29)18-8-5-4-6-9-19(18)32-23/h10-13,15H,2-9,14H2,1H3,(H,26,30). The molecule has 0 spiro atoms. The number of hydrogen-bond acceptors (Lipinski definition) is 5. The highest BCUT2D eigenvalue weighted by Crippen LogP contribution is 2.35. The Kier molecular flexibility index (Phi) is 5.78. The van der Waals surface area contributed by atoms with Crippen LogP contribution in [0.3, 0.4) is 0 Å². The van der Waals surface area contributed by atoms with Crippen LogP contribution in [0.15, 0.2) is 35.4 Å². The molecule has 1 aliphatic rings. The van der Waals surface area contributed by atoms with E-state index in [0.717, 1.165) is 54.4 Å². The molecule has 7 nitrogen and oxygen atoms in total. The van der Waals surface area contributed by atoms with E-state index >= 15 is 0 Å². The summed E-state index contributed by atoms with van der Waals surface area (Å²) in [5, 5.41) is 8.41. The number of amides is 1. The number of unbranched alkanes of at least 4 members (excludes halogenated alkanes) is 1. The van der Waals surface area contributed by atoms with Gasteiger partial charge in [0.05, 0.1) is 5.39 Å². The van der Waals surface area contributed by atoms with E-state index in [0.29, 0.717) is 5.65 Å². The number of nitrogens with zero attached hydrogens (tertiary/aromatic N) is 4. The number of benzene rings is 1. The van der Waals surface area contributed by atoms with Gasteiger partial charge in [0.25, 0.3) is 0 Å². The van der Waals surface area contributed by atoms with Crippen molar-refractivity contribution in [1.82, 2.24) is 19.2 Å². The third-order valence-electron chi connectivity index (χ3n) is 6.14. The second-order valence-corrected chi connectivity index (χ2v) is 9.56. The SMILES string of the molecule is CCCCc1ccc(NC(=O)Cn2nc3c4c5c(sc4ncn3c2=O)CCCCC5)cc1. The van der Waals surface area contributed by atoms with Crippen molar-refractivity contribution in [2.24, 2.45) is 0 Å². The van der Waals surface area contributed by atoms with Crippen molar-refractivity contribution in [3.63, 3.8) is 0 Å². The van der Waals surface area contributed by atoms with Gasteiger partial charge in [-0.25, -0.2) is 18.9 Å². The van der Waals surface area contributed by atoms with Crippen LogP contribution >= 0.6 is 11.3 Å². The molecule has 1 aromatic carbocycles. The maximum atomic E-state index is 12.9. The van der Waals surface area contributed by atoms with Gasteiger partial charge in [-0.15, -0.1) is 16.4 Å². The lowest BCUT2D eigenvalue weighted by Crippen LogP contribution is -2.28. The Morgan fingerprint density at radius 2 is 1.97 bits per heavy atom. The van der Waals surface area contributed by atoms with Gasteiger partial charge in [0.2, 0.25) is 5.91 Å². The Bertz CT molecular complexity index is 1330. The van der Waals surface area contributed by atoms with Crippen LogP contribution in [0.4, 0.5) is 5.69 Å². The van der Waals surface area contributed by atoms with E-state index in [9.17, 15) is 9.59 Å². The average molecular weight is 450 g/mol. The second kappa shape index (κ2) is 8.86. The molecular weight excluding hydrogens is 422 g/mol. The Morgan fingerprint density at radius 3 is 2.78 bits per heavy atom. The molecule has 3 aromatic heterocycles. The van der Waals surface area contributed by atoms with Crippen LogP contribution in [0, 0.1) is 0 Å². The van der Waals surface area contributed by atoms with Crippen molar-refractivity contribution in [2.75, 3.05) is 5.32 Å². The van der Waals surface area contributed by atoms with E-state index < -0.39 is 0 Å². The number of aromatic nitrogens is 4. The van der Waals surface area contributed by atoms with Crippen molar-refractivity contribution in [1.29, 1.82) is 0 Å². The van der Waals surface area contributed by atoms with Crippen molar-refractivity contribution >= 4 is 38.8 Å². The molecular formula is C24H27N5O2S. The smallest absolute Gasteiger partial charge is 0.324 e. The molecule has 4 aromatic rings. The fourth-order valence-corrected chi connectivity index (χ4v) is 5.65. The molecule has 0 fully saturated rings. The Hall–Kier alpha value is -3.00.